The summed E-state index contributed by atoms with van der Waals surface area (Å²) in [6, 6.07) is 3.69. The molecule has 1 saturated heterocycles. The van der Waals surface area contributed by atoms with Crippen LogP contribution in [-0.2, 0) is 4.74 Å². The molecule has 1 aliphatic rings. The maximum absolute atomic E-state index is 13.4. The van der Waals surface area contributed by atoms with Crippen LogP contribution in [0.4, 0.5) is 14.9 Å². The topological polar surface area (TPSA) is 62.8 Å². The van der Waals surface area contributed by atoms with Gasteiger partial charge in [-0.15, -0.1) is 0 Å². The number of benzene rings is 1. The van der Waals surface area contributed by atoms with Gasteiger partial charge in [0.15, 0.2) is 0 Å². The number of anilines is 1. The highest BCUT2D eigenvalue weighted by Gasteiger charge is 2.12. The zero-order valence-electron chi connectivity index (χ0n) is 13.6. The number of urea groups is 1. The summed E-state index contributed by atoms with van der Waals surface area (Å²) in [6.45, 7) is 8.22. The van der Waals surface area contributed by atoms with E-state index in [4.69, 9.17) is 9.47 Å². The quantitative estimate of drug-likeness (QED) is 0.840. The van der Waals surface area contributed by atoms with Crippen molar-refractivity contribution in [3.05, 3.63) is 24.0 Å². The van der Waals surface area contributed by atoms with Gasteiger partial charge < -0.3 is 20.1 Å². The molecule has 0 saturated carbocycles. The van der Waals surface area contributed by atoms with Gasteiger partial charge in [-0.05, 0) is 26.0 Å². The zero-order valence-corrected chi connectivity index (χ0v) is 13.6. The lowest BCUT2D eigenvalue weighted by atomic mass is 10.2. The minimum Gasteiger partial charge on any atom is -0.489 e. The molecule has 0 bridgehead atoms. The summed E-state index contributed by atoms with van der Waals surface area (Å²) in [5, 5.41) is 5.40. The summed E-state index contributed by atoms with van der Waals surface area (Å²) in [4.78, 5) is 14.2. The molecule has 1 aromatic carbocycles. The summed E-state index contributed by atoms with van der Waals surface area (Å²) >= 11 is 0. The summed E-state index contributed by atoms with van der Waals surface area (Å²) in [6.07, 6.45) is -0.0645. The van der Waals surface area contributed by atoms with E-state index in [0.29, 0.717) is 18.0 Å². The lowest BCUT2D eigenvalue weighted by molar-refractivity contribution is 0.0388. The molecule has 23 heavy (non-hydrogen) atoms. The van der Waals surface area contributed by atoms with Crippen molar-refractivity contribution in [1.82, 2.24) is 10.2 Å². The summed E-state index contributed by atoms with van der Waals surface area (Å²) < 4.78 is 24.2. The van der Waals surface area contributed by atoms with Crippen molar-refractivity contribution in [1.29, 1.82) is 0 Å². The van der Waals surface area contributed by atoms with E-state index >= 15 is 0 Å². The van der Waals surface area contributed by atoms with Crippen molar-refractivity contribution in [3.8, 4) is 5.75 Å². The molecule has 1 heterocycles. The van der Waals surface area contributed by atoms with Crippen LogP contribution in [0, 0.1) is 5.82 Å². The molecule has 0 aromatic heterocycles. The van der Waals surface area contributed by atoms with E-state index in [2.05, 4.69) is 15.5 Å². The Bertz CT molecular complexity index is 519. The molecule has 0 spiro atoms. The van der Waals surface area contributed by atoms with Crippen LogP contribution in [-0.4, -0.2) is 56.4 Å². The van der Waals surface area contributed by atoms with Gasteiger partial charge in [0.2, 0.25) is 0 Å². The molecule has 1 aromatic rings. The first-order valence-electron chi connectivity index (χ1n) is 7.86. The molecule has 0 radical (unpaired) electrons. The number of carbonyl (C=O) groups is 1. The third-order valence-corrected chi connectivity index (χ3v) is 3.37. The van der Waals surface area contributed by atoms with Gasteiger partial charge in [0.25, 0.3) is 0 Å². The number of hydrogen-bond donors (Lipinski definition) is 2. The molecule has 6 nitrogen and oxygen atoms in total. The van der Waals surface area contributed by atoms with Crippen LogP contribution < -0.4 is 15.4 Å². The van der Waals surface area contributed by atoms with E-state index in [1.807, 2.05) is 13.8 Å². The first-order valence-corrected chi connectivity index (χ1v) is 7.86. The number of halogens is 1. The van der Waals surface area contributed by atoms with E-state index in [9.17, 15) is 9.18 Å². The first kappa shape index (κ1) is 17.5. The van der Waals surface area contributed by atoms with Gasteiger partial charge in [0, 0.05) is 32.2 Å². The number of morpholine rings is 1. The Hall–Kier alpha value is -1.86. The molecule has 2 amide bonds. The molecule has 2 rings (SSSR count). The highest BCUT2D eigenvalue weighted by Crippen LogP contribution is 2.26. The molecule has 0 unspecified atom stereocenters. The highest BCUT2D eigenvalue weighted by molar-refractivity contribution is 5.90. The number of carbonyl (C=O) groups excluding carboxylic acids is 1. The Kier molecular flexibility index (Phi) is 6.61. The highest BCUT2D eigenvalue weighted by atomic mass is 19.1. The van der Waals surface area contributed by atoms with Gasteiger partial charge in [-0.3, -0.25) is 4.90 Å². The van der Waals surface area contributed by atoms with Crippen molar-refractivity contribution < 1.29 is 18.7 Å². The predicted molar refractivity (Wildman–Crippen MR) is 86.4 cm³/mol. The lowest BCUT2D eigenvalue weighted by Gasteiger charge is -2.26. The van der Waals surface area contributed by atoms with Crippen molar-refractivity contribution in [2.24, 2.45) is 0 Å². The molecular formula is C16H24FN3O3. The number of nitrogens with one attached hydrogen (secondary N) is 2. The normalized spacial score (nSPS) is 15.5. The van der Waals surface area contributed by atoms with Crippen molar-refractivity contribution in [3.63, 3.8) is 0 Å². The Morgan fingerprint density at radius 1 is 1.39 bits per heavy atom. The van der Waals surface area contributed by atoms with Gasteiger partial charge >= 0.3 is 6.03 Å². The SMILES string of the molecule is CC(C)Oc1ccc(F)cc1NC(=O)NCCN1CCOCC1. The monoisotopic (exact) mass is 325 g/mol. The van der Waals surface area contributed by atoms with Gasteiger partial charge in [-0.1, -0.05) is 0 Å². The Morgan fingerprint density at radius 3 is 2.83 bits per heavy atom. The standard InChI is InChI=1S/C16H24FN3O3/c1-12(2)23-15-4-3-13(17)11-14(15)19-16(21)18-5-6-20-7-9-22-10-8-20/h3-4,11-12H,5-10H2,1-2H3,(H2,18,19,21). The molecule has 7 heteroatoms. The largest absolute Gasteiger partial charge is 0.489 e. The predicted octanol–water partition coefficient (Wildman–Crippen LogP) is 2.07. The number of amides is 2. The van der Waals surface area contributed by atoms with Crippen LogP contribution in [0.15, 0.2) is 18.2 Å². The van der Waals surface area contributed by atoms with Gasteiger partial charge in [-0.2, -0.15) is 0 Å². The zero-order chi connectivity index (χ0) is 16.7. The smallest absolute Gasteiger partial charge is 0.319 e. The number of hydrogen-bond acceptors (Lipinski definition) is 4. The lowest BCUT2D eigenvalue weighted by Crippen LogP contribution is -2.42. The van der Waals surface area contributed by atoms with E-state index in [0.717, 1.165) is 32.8 Å². The first-order chi connectivity index (χ1) is 11.0. The third-order valence-electron chi connectivity index (χ3n) is 3.37. The molecular weight excluding hydrogens is 301 g/mol. The van der Waals surface area contributed by atoms with Gasteiger partial charge in [0.1, 0.15) is 11.6 Å². The van der Waals surface area contributed by atoms with Crippen LogP contribution >= 0.6 is 0 Å². The average molecular weight is 325 g/mol. The Balaban J connectivity index is 1.83. The number of rotatable bonds is 6. The van der Waals surface area contributed by atoms with Crippen molar-refractivity contribution in [2.45, 2.75) is 20.0 Å². The summed E-state index contributed by atoms with van der Waals surface area (Å²) in [7, 11) is 0. The second-order valence-electron chi connectivity index (χ2n) is 5.64. The van der Waals surface area contributed by atoms with E-state index in [1.165, 1.54) is 18.2 Å². The van der Waals surface area contributed by atoms with Crippen LogP contribution in [0.5, 0.6) is 5.75 Å². The Morgan fingerprint density at radius 2 is 2.13 bits per heavy atom. The fraction of sp³-hybridized carbons (Fsp3) is 0.562. The summed E-state index contributed by atoms with van der Waals surface area (Å²) in [5.74, 6) is 0.0226. The van der Waals surface area contributed by atoms with Gasteiger partial charge in [0.05, 0.1) is 25.0 Å². The molecule has 0 atom stereocenters. The number of nitrogens with zero attached hydrogens (tertiary/aromatic N) is 1. The molecule has 0 aliphatic carbocycles. The molecule has 2 N–H and O–H groups in total. The number of ether oxygens (including phenoxy) is 2. The Labute approximate surface area is 135 Å². The fourth-order valence-corrected chi connectivity index (χ4v) is 2.28. The fourth-order valence-electron chi connectivity index (χ4n) is 2.28. The van der Waals surface area contributed by atoms with Crippen LogP contribution in [0.1, 0.15) is 13.8 Å². The minimum absolute atomic E-state index is 0.0645. The van der Waals surface area contributed by atoms with E-state index in [-0.39, 0.29) is 12.1 Å². The molecule has 128 valence electrons. The maximum atomic E-state index is 13.4. The molecule has 1 aliphatic heterocycles. The van der Waals surface area contributed by atoms with Crippen molar-refractivity contribution >= 4 is 11.7 Å². The van der Waals surface area contributed by atoms with E-state index < -0.39 is 5.82 Å². The summed E-state index contributed by atoms with van der Waals surface area (Å²) in [5.41, 5.74) is 0.322. The van der Waals surface area contributed by atoms with E-state index in [1.54, 1.807) is 0 Å². The second kappa shape index (κ2) is 8.69. The maximum Gasteiger partial charge on any atom is 0.319 e. The van der Waals surface area contributed by atoms with Crippen LogP contribution in [0.2, 0.25) is 0 Å². The second-order valence-corrected chi connectivity index (χ2v) is 5.64. The van der Waals surface area contributed by atoms with Crippen LogP contribution in [0.3, 0.4) is 0 Å². The molecule has 1 fully saturated rings. The van der Waals surface area contributed by atoms with Crippen LogP contribution in [0.25, 0.3) is 0 Å². The van der Waals surface area contributed by atoms with Gasteiger partial charge in [-0.25, -0.2) is 9.18 Å². The van der Waals surface area contributed by atoms with Crippen molar-refractivity contribution in [2.75, 3.05) is 44.7 Å². The average Bonchev–Trinajstić information content (AvgIpc) is 2.51. The third kappa shape index (κ3) is 6.03. The minimum atomic E-state index is -0.426.